The standard InChI is InChI=1S/2C10H11NO2S/c2*1-7-6-8(10(12)13-7)14-9-4-2-3-5-11-9/h2*2-5,7-8H,6H2,1H3. The van der Waals surface area contributed by atoms with E-state index in [1.807, 2.05) is 50.2 Å². The molecule has 0 N–H and O–H groups in total. The van der Waals surface area contributed by atoms with Gasteiger partial charge in [0, 0.05) is 25.2 Å². The molecule has 0 aliphatic carbocycles. The highest BCUT2D eigenvalue weighted by molar-refractivity contribution is 8.00. The maximum atomic E-state index is 11.3. The molecule has 6 nitrogen and oxygen atoms in total. The fraction of sp³-hybridized carbons (Fsp3) is 0.400. The van der Waals surface area contributed by atoms with Crippen LogP contribution in [0.2, 0.25) is 0 Å². The Labute approximate surface area is 172 Å². The molecule has 4 rings (SSSR count). The van der Waals surface area contributed by atoms with Crippen LogP contribution in [-0.2, 0) is 19.1 Å². The number of thioether (sulfide) groups is 2. The van der Waals surface area contributed by atoms with Gasteiger partial charge in [0.15, 0.2) is 0 Å². The van der Waals surface area contributed by atoms with E-state index in [0.29, 0.717) is 0 Å². The van der Waals surface area contributed by atoms with Crippen molar-refractivity contribution in [1.29, 1.82) is 0 Å². The summed E-state index contributed by atoms with van der Waals surface area (Å²) in [6, 6.07) is 11.4. The zero-order chi connectivity index (χ0) is 19.9. The number of esters is 2. The Morgan fingerprint density at radius 1 is 0.786 bits per heavy atom. The number of hydrogen-bond acceptors (Lipinski definition) is 8. The second-order valence-electron chi connectivity index (χ2n) is 6.52. The summed E-state index contributed by atoms with van der Waals surface area (Å²) in [7, 11) is 0. The van der Waals surface area contributed by atoms with Crippen molar-refractivity contribution in [3.8, 4) is 0 Å². The van der Waals surface area contributed by atoms with Crippen LogP contribution in [0.25, 0.3) is 0 Å². The summed E-state index contributed by atoms with van der Waals surface area (Å²) in [4.78, 5) is 31.0. The molecule has 2 aromatic heterocycles. The third-order valence-corrected chi connectivity index (χ3v) is 6.36. The van der Waals surface area contributed by atoms with Crippen molar-refractivity contribution in [2.45, 2.75) is 59.4 Å². The summed E-state index contributed by atoms with van der Waals surface area (Å²) < 4.78 is 10.1. The number of cyclic esters (lactones) is 2. The second-order valence-corrected chi connectivity index (χ2v) is 8.96. The molecule has 0 aromatic carbocycles. The van der Waals surface area contributed by atoms with Crippen LogP contribution >= 0.6 is 23.5 Å². The van der Waals surface area contributed by atoms with Crippen LogP contribution in [0.3, 0.4) is 0 Å². The number of nitrogens with zero attached hydrogens (tertiary/aromatic N) is 2. The summed E-state index contributed by atoms with van der Waals surface area (Å²) in [6.07, 6.45) is 5.10. The highest BCUT2D eigenvalue weighted by atomic mass is 32.2. The predicted octanol–water partition coefficient (Wildman–Crippen LogP) is 3.76. The Kier molecular flexibility index (Phi) is 7.33. The highest BCUT2D eigenvalue weighted by Crippen LogP contribution is 2.31. The molecule has 0 spiro atoms. The van der Waals surface area contributed by atoms with Crippen molar-refractivity contribution in [2.24, 2.45) is 0 Å². The summed E-state index contributed by atoms with van der Waals surface area (Å²) >= 11 is 2.95. The molecular formula is C20H22N2O4S2. The Morgan fingerprint density at radius 2 is 1.21 bits per heavy atom. The van der Waals surface area contributed by atoms with Gasteiger partial charge >= 0.3 is 11.9 Å². The molecule has 28 heavy (non-hydrogen) atoms. The SMILES string of the molecule is CC1CC(Sc2ccccn2)C(=O)O1.CC1CC(Sc2ccccn2)C(=O)O1. The molecule has 2 aliphatic heterocycles. The fourth-order valence-electron chi connectivity index (χ4n) is 2.76. The third kappa shape index (κ3) is 5.97. The molecule has 4 unspecified atom stereocenters. The van der Waals surface area contributed by atoms with Gasteiger partial charge in [-0.15, -0.1) is 0 Å². The summed E-state index contributed by atoms with van der Waals surface area (Å²) in [5.74, 6) is -0.235. The Hall–Kier alpha value is -2.06. The molecular weight excluding hydrogens is 396 g/mol. The molecule has 0 radical (unpaired) electrons. The first-order valence-electron chi connectivity index (χ1n) is 9.07. The first-order valence-corrected chi connectivity index (χ1v) is 10.8. The van der Waals surface area contributed by atoms with Crippen molar-refractivity contribution in [3.05, 3.63) is 48.8 Å². The maximum absolute atomic E-state index is 11.3. The van der Waals surface area contributed by atoms with E-state index >= 15 is 0 Å². The van der Waals surface area contributed by atoms with E-state index in [-0.39, 0.29) is 34.6 Å². The predicted molar refractivity (Wildman–Crippen MR) is 108 cm³/mol. The van der Waals surface area contributed by atoms with Crippen molar-refractivity contribution in [3.63, 3.8) is 0 Å². The average molecular weight is 419 g/mol. The summed E-state index contributed by atoms with van der Waals surface area (Å²) in [5.41, 5.74) is 0. The smallest absolute Gasteiger partial charge is 0.319 e. The molecule has 148 valence electrons. The van der Waals surface area contributed by atoms with Crippen molar-refractivity contribution < 1.29 is 19.1 Å². The molecule has 2 fully saturated rings. The molecule has 2 aromatic rings. The summed E-state index contributed by atoms with van der Waals surface area (Å²) in [6.45, 7) is 3.83. The number of aromatic nitrogens is 2. The molecule has 0 bridgehead atoms. The maximum Gasteiger partial charge on any atom is 0.319 e. The molecule has 4 atom stereocenters. The van der Waals surface area contributed by atoms with Crippen LogP contribution in [0.1, 0.15) is 26.7 Å². The van der Waals surface area contributed by atoms with Gasteiger partial charge in [-0.3, -0.25) is 9.59 Å². The molecule has 8 heteroatoms. The number of pyridine rings is 2. The van der Waals surface area contributed by atoms with Crippen LogP contribution in [0.15, 0.2) is 58.8 Å². The minimum absolute atomic E-state index is 0.0451. The van der Waals surface area contributed by atoms with E-state index in [9.17, 15) is 9.59 Å². The fourth-order valence-corrected chi connectivity index (χ4v) is 4.94. The van der Waals surface area contributed by atoms with Crippen molar-refractivity contribution in [1.82, 2.24) is 9.97 Å². The number of carbonyl (C=O) groups excluding carboxylic acids is 2. The van der Waals surface area contributed by atoms with Crippen LogP contribution in [0.5, 0.6) is 0 Å². The van der Waals surface area contributed by atoms with Gasteiger partial charge in [0.2, 0.25) is 0 Å². The lowest BCUT2D eigenvalue weighted by Gasteiger charge is -2.02. The minimum atomic E-state index is -0.117. The Morgan fingerprint density at radius 3 is 1.50 bits per heavy atom. The van der Waals surface area contributed by atoms with Crippen LogP contribution in [0.4, 0.5) is 0 Å². The van der Waals surface area contributed by atoms with E-state index in [0.717, 1.165) is 22.9 Å². The first kappa shape index (κ1) is 20.7. The topological polar surface area (TPSA) is 78.4 Å². The van der Waals surface area contributed by atoms with Crippen LogP contribution < -0.4 is 0 Å². The Balaban J connectivity index is 0.000000161. The third-order valence-electron chi connectivity index (χ3n) is 4.05. The van der Waals surface area contributed by atoms with E-state index in [1.165, 1.54) is 23.5 Å². The van der Waals surface area contributed by atoms with Gasteiger partial charge in [-0.2, -0.15) is 0 Å². The lowest BCUT2D eigenvalue weighted by atomic mass is 10.3. The van der Waals surface area contributed by atoms with E-state index in [4.69, 9.17) is 9.47 Å². The van der Waals surface area contributed by atoms with Crippen molar-refractivity contribution >= 4 is 35.5 Å². The van der Waals surface area contributed by atoms with Gasteiger partial charge in [0.1, 0.15) is 22.7 Å². The van der Waals surface area contributed by atoms with Crippen LogP contribution in [0, 0.1) is 0 Å². The van der Waals surface area contributed by atoms with Gasteiger partial charge < -0.3 is 9.47 Å². The number of hydrogen-bond donors (Lipinski definition) is 0. The molecule has 2 aliphatic rings. The average Bonchev–Trinajstić information content (AvgIpc) is 3.17. The van der Waals surface area contributed by atoms with Gasteiger partial charge in [-0.1, -0.05) is 35.7 Å². The monoisotopic (exact) mass is 418 g/mol. The van der Waals surface area contributed by atoms with Crippen LogP contribution in [-0.4, -0.2) is 44.6 Å². The number of rotatable bonds is 4. The molecule has 4 heterocycles. The van der Waals surface area contributed by atoms with E-state index < -0.39 is 0 Å². The normalized spacial score (nSPS) is 26.2. The minimum Gasteiger partial charge on any atom is -0.462 e. The zero-order valence-electron chi connectivity index (χ0n) is 15.7. The second kappa shape index (κ2) is 9.93. The zero-order valence-corrected chi connectivity index (χ0v) is 17.3. The van der Waals surface area contributed by atoms with E-state index in [2.05, 4.69) is 9.97 Å². The lowest BCUT2D eigenvalue weighted by molar-refractivity contribution is -0.141. The van der Waals surface area contributed by atoms with Gasteiger partial charge in [0.25, 0.3) is 0 Å². The van der Waals surface area contributed by atoms with Gasteiger partial charge in [-0.25, -0.2) is 9.97 Å². The highest BCUT2D eigenvalue weighted by Gasteiger charge is 2.33. The van der Waals surface area contributed by atoms with E-state index in [1.54, 1.807) is 12.4 Å². The van der Waals surface area contributed by atoms with Gasteiger partial charge in [-0.05, 0) is 38.1 Å². The lowest BCUT2D eigenvalue weighted by Crippen LogP contribution is -2.09. The number of ether oxygens (including phenoxy) is 2. The molecule has 0 amide bonds. The summed E-state index contributed by atoms with van der Waals surface area (Å²) in [5, 5.41) is 1.59. The number of carbonyl (C=O) groups is 2. The first-order chi connectivity index (χ1) is 13.5. The quantitative estimate of drug-likeness (QED) is 0.695. The van der Waals surface area contributed by atoms with Crippen molar-refractivity contribution in [2.75, 3.05) is 0 Å². The largest absolute Gasteiger partial charge is 0.462 e. The Bertz CT molecular complexity index is 724. The molecule has 0 saturated carbocycles. The van der Waals surface area contributed by atoms with Gasteiger partial charge in [0.05, 0.1) is 10.1 Å². The molecule has 2 saturated heterocycles.